The van der Waals surface area contributed by atoms with E-state index >= 15 is 0 Å². The number of benzene rings is 2. The van der Waals surface area contributed by atoms with Gasteiger partial charge in [-0.2, -0.15) is 0 Å². The van der Waals surface area contributed by atoms with Gasteiger partial charge in [0.1, 0.15) is 11.5 Å². The summed E-state index contributed by atoms with van der Waals surface area (Å²) in [5.41, 5.74) is 2.91. The van der Waals surface area contributed by atoms with E-state index in [1.807, 2.05) is 0 Å². The van der Waals surface area contributed by atoms with Crippen LogP contribution in [-0.4, -0.2) is 10.2 Å². The van der Waals surface area contributed by atoms with Crippen LogP contribution >= 0.6 is 0 Å². The molecule has 0 aromatic heterocycles. The van der Waals surface area contributed by atoms with E-state index in [2.05, 4.69) is 45.0 Å². The van der Waals surface area contributed by atoms with Crippen molar-refractivity contribution in [3.05, 3.63) is 59.7 Å². The lowest BCUT2D eigenvalue weighted by atomic mass is 9.58. The molecule has 0 radical (unpaired) electrons. The van der Waals surface area contributed by atoms with E-state index in [-0.39, 0.29) is 5.41 Å². The molecular formula is C24H32O2. The molecule has 0 amide bonds. The molecule has 1 aliphatic rings. The van der Waals surface area contributed by atoms with E-state index in [0.29, 0.717) is 16.9 Å². The smallest absolute Gasteiger partial charge is 0.115 e. The second kappa shape index (κ2) is 7.34. The number of rotatable bonds is 5. The fourth-order valence-corrected chi connectivity index (χ4v) is 5.05. The maximum absolute atomic E-state index is 9.72. The van der Waals surface area contributed by atoms with E-state index in [0.717, 1.165) is 18.8 Å². The first-order valence-corrected chi connectivity index (χ1v) is 9.96. The quantitative estimate of drug-likeness (QED) is 0.653. The van der Waals surface area contributed by atoms with Crippen LogP contribution in [0.2, 0.25) is 0 Å². The summed E-state index contributed by atoms with van der Waals surface area (Å²) in [4.78, 5) is 0. The van der Waals surface area contributed by atoms with E-state index < -0.39 is 0 Å². The van der Waals surface area contributed by atoms with Gasteiger partial charge in [0, 0.05) is 5.41 Å². The summed E-state index contributed by atoms with van der Waals surface area (Å²) in [5, 5.41) is 19.4. The molecule has 0 heterocycles. The van der Waals surface area contributed by atoms with Gasteiger partial charge in [-0.15, -0.1) is 0 Å². The van der Waals surface area contributed by atoms with E-state index in [1.165, 1.54) is 36.8 Å². The van der Waals surface area contributed by atoms with Crippen molar-refractivity contribution in [2.45, 2.75) is 64.7 Å². The second-order valence-corrected chi connectivity index (χ2v) is 8.69. The molecule has 140 valence electrons. The lowest BCUT2D eigenvalue weighted by Crippen LogP contribution is -2.37. The lowest BCUT2D eigenvalue weighted by Gasteiger charge is -2.46. The summed E-state index contributed by atoms with van der Waals surface area (Å²) in [6.45, 7) is 7.13. The Morgan fingerprint density at radius 2 is 1.27 bits per heavy atom. The van der Waals surface area contributed by atoms with Gasteiger partial charge in [-0.1, -0.05) is 51.5 Å². The molecule has 2 N–H and O–H groups in total. The molecule has 2 aromatic carbocycles. The number of hydrogen-bond acceptors (Lipinski definition) is 2. The maximum Gasteiger partial charge on any atom is 0.115 e. The third-order valence-corrected chi connectivity index (χ3v) is 6.68. The molecule has 0 atom stereocenters. The largest absolute Gasteiger partial charge is 0.508 e. The summed E-state index contributed by atoms with van der Waals surface area (Å²) in [5.74, 6) is 1.38. The minimum atomic E-state index is -0.0276. The molecule has 0 unspecified atom stereocenters. The first kappa shape index (κ1) is 18.8. The summed E-state index contributed by atoms with van der Waals surface area (Å²) < 4.78 is 0. The van der Waals surface area contributed by atoms with Gasteiger partial charge in [0.15, 0.2) is 0 Å². The van der Waals surface area contributed by atoms with Crippen LogP contribution in [0.4, 0.5) is 0 Å². The molecule has 2 aromatic rings. The van der Waals surface area contributed by atoms with Crippen molar-refractivity contribution in [3.63, 3.8) is 0 Å². The van der Waals surface area contributed by atoms with Gasteiger partial charge >= 0.3 is 0 Å². The summed E-state index contributed by atoms with van der Waals surface area (Å²) >= 11 is 0. The van der Waals surface area contributed by atoms with Crippen LogP contribution in [0.3, 0.4) is 0 Å². The maximum atomic E-state index is 9.72. The van der Waals surface area contributed by atoms with E-state index in [4.69, 9.17) is 0 Å². The third-order valence-electron chi connectivity index (χ3n) is 6.68. The van der Waals surface area contributed by atoms with E-state index in [1.54, 1.807) is 24.3 Å². The molecular weight excluding hydrogens is 320 g/mol. The molecule has 1 aliphatic carbocycles. The predicted molar refractivity (Wildman–Crippen MR) is 108 cm³/mol. The standard InChI is InChI=1S/C24H32O2/c1-4-15-23(2,3)18-13-16-24(17-14-18,19-5-9-21(25)10-6-19)20-7-11-22(26)12-8-20/h5-12,18,25-26H,4,13-17H2,1-3H3. The molecule has 2 nitrogen and oxygen atoms in total. The van der Waals surface area contributed by atoms with Gasteiger partial charge in [-0.05, 0) is 78.8 Å². The highest BCUT2D eigenvalue weighted by Crippen LogP contribution is 2.51. The van der Waals surface area contributed by atoms with Crippen LogP contribution in [0.1, 0.15) is 70.4 Å². The van der Waals surface area contributed by atoms with Crippen molar-refractivity contribution >= 4 is 0 Å². The fraction of sp³-hybridized carbons (Fsp3) is 0.500. The average Bonchev–Trinajstić information content (AvgIpc) is 2.63. The minimum Gasteiger partial charge on any atom is -0.508 e. The Morgan fingerprint density at radius 3 is 1.65 bits per heavy atom. The summed E-state index contributed by atoms with van der Waals surface area (Å²) in [6.07, 6.45) is 7.18. The number of phenolic OH excluding ortho intramolecular Hbond substituents is 2. The third kappa shape index (κ3) is 3.60. The molecule has 0 spiro atoms. The Labute approximate surface area is 157 Å². The normalized spacial score (nSPS) is 18.0. The highest BCUT2D eigenvalue weighted by Gasteiger charge is 2.42. The first-order chi connectivity index (χ1) is 12.4. The molecule has 0 aliphatic heterocycles. The second-order valence-electron chi connectivity index (χ2n) is 8.69. The van der Waals surface area contributed by atoms with Crippen LogP contribution in [0, 0.1) is 11.3 Å². The van der Waals surface area contributed by atoms with Crippen molar-refractivity contribution in [1.82, 2.24) is 0 Å². The van der Waals surface area contributed by atoms with Crippen molar-refractivity contribution < 1.29 is 10.2 Å². The SMILES string of the molecule is CCCC(C)(C)C1CCC(c2ccc(O)cc2)(c2ccc(O)cc2)CC1. The average molecular weight is 353 g/mol. The van der Waals surface area contributed by atoms with Crippen LogP contribution < -0.4 is 0 Å². The summed E-state index contributed by atoms with van der Waals surface area (Å²) in [7, 11) is 0. The van der Waals surface area contributed by atoms with Crippen molar-refractivity contribution in [1.29, 1.82) is 0 Å². The topological polar surface area (TPSA) is 40.5 Å². The highest BCUT2D eigenvalue weighted by molar-refractivity contribution is 5.43. The molecule has 0 saturated heterocycles. The van der Waals surface area contributed by atoms with Crippen molar-refractivity contribution in [2.24, 2.45) is 11.3 Å². The Balaban J connectivity index is 1.94. The van der Waals surface area contributed by atoms with Crippen LogP contribution in [-0.2, 0) is 5.41 Å². The summed E-state index contributed by atoms with van der Waals surface area (Å²) in [6, 6.07) is 15.5. The monoisotopic (exact) mass is 352 g/mol. The van der Waals surface area contributed by atoms with Crippen molar-refractivity contribution in [3.8, 4) is 11.5 Å². The fourth-order valence-electron chi connectivity index (χ4n) is 5.05. The Kier molecular flexibility index (Phi) is 5.32. The van der Waals surface area contributed by atoms with Crippen LogP contribution in [0.25, 0.3) is 0 Å². The van der Waals surface area contributed by atoms with Gasteiger partial charge in [0.25, 0.3) is 0 Å². The Bertz CT molecular complexity index is 657. The van der Waals surface area contributed by atoms with Crippen molar-refractivity contribution in [2.75, 3.05) is 0 Å². The molecule has 1 fully saturated rings. The zero-order valence-electron chi connectivity index (χ0n) is 16.3. The number of phenols is 2. The minimum absolute atomic E-state index is 0.0276. The van der Waals surface area contributed by atoms with Gasteiger partial charge in [-0.3, -0.25) is 0 Å². The van der Waals surface area contributed by atoms with Crippen LogP contribution in [0.5, 0.6) is 11.5 Å². The molecule has 3 rings (SSSR count). The lowest BCUT2D eigenvalue weighted by molar-refractivity contribution is 0.119. The molecule has 0 bridgehead atoms. The van der Waals surface area contributed by atoms with Crippen LogP contribution in [0.15, 0.2) is 48.5 Å². The first-order valence-electron chi connectivity index (χ1n) is 9.96. The molecule has 1 saturated carbocycles. The van der Waals surface area contributed by atoms with Gasteiger partial charge in [0.2, 0.25) is 0 Å². The van der Waals surface area contributed by atoms with Gasteiger partial charge < -0.3 is 10.2 Å². The Hall–Kier alpha value is -1.96. The number of hydrogen-bond donors (Lipinski definition) is 2. The molecule has 2 heteroatoms. The predicted octanol–water partition coefficient (Wildman–Crippen LogP) is 6.40. The zero-order chi connectivity index (χ0) is 18.8. The molecule has 26 heavy (non-hydrogen) atoms. The highest BCUT2D eigenvalue weighted by atomic mass is 16.3. The van der Waals surface area contributed by atoms with E-state index in [9.17, 15) is 10.2 Å². The van der Waals surface area contributed by atoms with Gasteiger partial charge in [-0.25, -0.2) is 0 Å². The number of aromatic hydroxyl groups is 2. The zero-order valence-corrected chi connectivity index (χ0v) is 16.3. The van der Waals surface area contributed by atoms with Gasteiger partial charge in [0.05, 0.1) is 0 Å². The Morgan fingerprint density at radius 1 is 0.846 bits per heavy atom.